The third kappa shape index (κ3) is 3.46. The summed E-state index contributed by atoms with van der Waals surface area (Å²) in [6.07, 6.45) is 3.70. The van der Waals surface area contributed by atoms with Gasteiger partial charge in [0.15, 0.2) is 5.11 Å². The van der Waals surface area contributed by atoms with Gasteiger partial charge in [-0.05, 0) is 86.6 Å². The molecule has 0 unspecified atom stereocenters. The molecule has 3 aromatic heterocycles. The number of rotatable bonds is 4. The van der Waals surface area contributed by atoms with E-state index in [9.17, 15) is 0 Å². The molecule has 1 aliphatic rings. The minimum absolute atomic E-state index is 0.0374. The van der Waals surface area contributed by atoms with E-state index < -0.39 is 0 Å². The van der Waals surface area contributed by atoms with Crippen LogP contribution < -0.4 is 10.2 Å². The first-order chi connectivity index (χ1) is 15.5. The van der Waals surface area contributed by atoms with E-state index in [1.165, 1.54) is 11.1 Å². The number of para-hydroxylation sites is 1. The average molecular weight is 440 g/mol. The summed E-state index contributed by atoms with van der Waals surface area (Å²) >= 11 is 5.84. The van der Waals surface area contributed by atoms with E-state index in [0.29, 0.717) is 5.11 Å². The molecule has 0 radical (unpaired) electrons. The maximum atomic E-state index is 5.84. The first-order valence-corrected chi connectivity index (χ1v) is 11.1. The molecule has 32 heavy (non-hydrogen) atoms. The summed E-state index contributed by atoms with van der Waals surface area (Å²) < 4.78 is 2.22. The lowest BCUT2D eigenvalue weighted by Gasteiger charge is -2.28. The number of thiocarbonyl (C=S) groups is 1. The largest absolute Gasteiger partial charge is 0.351 e. The van der Waals surface area contributed by atoms with Crippen LogP contribution in [0.15, 0.2) is 79.1 Å². The number of aryl methyl sites for hydroxylation is 2. The van der Waals surface area contributed by atoms with Crippen molar-refractivity contribution in [3.05, 3.63) is 107 Å². The summed E-state index contributed by atoms with van der Waals surface area (Å²) in [5.41, 5.74) is 6.71. The van der Waals surface area contributed by atoms with Gasteiger partial charge in [0.05, 0.1) is 17.8 Å². The Hall–Kier alpha value is -3.51. The Morgan fingerprint density at radius 1 is 0.875 bits per heavy atom. The molecule has 1 aliphatic heterocycles. The number of nitrogens with one attached hydrogen (secondary N) is 1. The topological polar surface area (TPSA) is 46.0 Å². The summed E-state index contributed by atoms with van der Waals surface area (Å²) in [5.74, 6) is 0.931. The van der Waals surface area contributed by atoms with Gasteiger partial charge in [-0.1, -0.05) is 24.3 Å². The van der Waals surface area contributed by atoms with Gasteiger partial charge in [-0.3, -0.25) is 4.98 Å². The Balaban J connectivity index is 1.68. The van der Waals surface area contributed by atoms with Crippen molar-refractivity contribution in [3.8, 4) is 5.82 Å². The normalized spacial score (nSPS) is 18.1. The molecule has 0 aliphatic carbocycles. The molecule has 6 heteroatoms. The highest BCUT2D eigenvalue weighted by atomic mass is 32.1. The van der Waals surface area contributed by atoms with Gasteiger partial charge in [0.25, 0.3) is 0 Å². The molecule has 4 aromatic rings. The van der Waals surface area contributed by atoms with Crippen molar-refractivity contribution in [3.63, 3.8) is 0 Å². The fraction of sp³-hybridized carbons (Fsp3) is 0.192. The van der Waals surface area contributed by atoms with Crippen LogP contribution in [0.4, 0.5) is 5.69 Å². The number of pyridine rings is 2. The van der Waals surface area contributed by atoms with Crippen molar-refractivity contribution >= 4 is 23.0 Å². The number of anilines is 1. The van der Waals surface area contributed by atoms with E-state index in [0.717, 1.165) is 28.6 Å². The second kappa shape index (κ2) is 8.20. The van der Waals surface area contributed by atoms with Crippen molar-refractivity contribution in [2.24, 2.45) is 0 Å². The molecule has 160 valence electrons. The summed E-state index contributed by atoms with van der Waals surface area (Å²) in [5, 5.41) is 4.25. The van der Waals surface area contributed by atoms with Crippen LogP contribution in [0.1, 0.15) is 40.3 Å². The van der Waals surface area contributed by atoms with E-state index in [2.05, 4.69) is 75.9 Å². The van der Waals surface area contributed by atoms with E-state index in [-0.39, 0.29) is 12.1 Å². The highest BCUT2D eigenvalue weighted by Crippen LogP contribution is 2.43. The minimum Gasteiger partial charge on any atom is -0.351 e. The number of aromatic nitrogens is 3. The SMILES string of the molecule is Cc1ccnc(-n2c(C)cc([C@H]3[C@H](c4ccccn4)NC(=S)N3c3ccccc3)c2C)c1. The van der Waals surface area contributed by atoms with Gasteiger partial charge in [0.1, 0.15) is 5.82 Å². The Bertz CT molecular complexity index is 1270. The lowest BCUT2D eigenvalue weighted by atomic mass is 9.96. The molecule has 0 saturated carbocycles. The predicted molar refractivity (Wildman–Crippen MR) is 132 cm³/mol. The quantitative estimate of drug-likeness (QED) is 0.433. The molecule has 0 spiro atoms. The first kappa shape index (κ1) is 20.4. The van der Waals surface area contributed by atoms with Gasteiger partial charge < -0.3 is 14.8 Å². The molecule has 1 aromatic carbocycles. The van der Waals surface area contributed by atoms with Gasteiger partial charge in [-0.15, -0.1) is 0 Å². The van der Waals surface area contributed by atoms with Crippen molar-refractivity contribution in [1.29, 1.82) is 0 Å². The Morgan fingerprint density at radius 2 is 1.66 bits per heavy atom. The molecule has 2 atom stereocenters. The molecular weight excluding hydrogens is 414 g/mol. The lowest BCUT2D eigenvalue weighted by Crippen LogP contribution is -2.29. The van der Waals surface area contributed by atoms with Gasteiger partial charge in [0.2, 0.25) is 0 Å². The summed E-state index contributed by atoms with van der Waals surface area (Å²) in [6, 6.07) is 22.6. The summed E-state index contributed by atoms with van der Waals surface area (Å²) in [4.78, 5) is 11.5. The van der Waals surface area contributed by atoms with E-state index in [4.69, 9.17) is 12.2 Å². The molecule has 5 rings (SSSR count). The lowest BCUT2D eigenvalue weighted by molar-refractivity contribution is 0.565. The zero-order valence-electron chi connectivity index (χ0n) is 18.4. The molecule has 1 N–H and O–H groups in total. The standard InChI is InChI=1S/C26H25N5S/c1-17-12-14-28-23(15-17)30-18(2)16-21(19(30)3)25-24(22-11-7-8-13-27-22)29-26(32)31(25)20-9-5-4-6-10-20/h4-16,24-25H,1-3H3,(H,29,32)/t24-,25-/m0/s1. The Labute approximate surface area is 193 Å². The highest BCUT2D eigenvalue weighted by molar-refractivity contribution is 7.80. The second-order valence-electron chi connectivity index (χ2n) is 8.19. The maximum absolute atomic E-state index is 5.84. The molecule has 0 amide bonds. The molecule has 0 bridgehead atoms. The number of benzene rings is 1. The first-order valence-electron chi connectivity index (χ1n) is 10.7. The summed E-state index contributed by atoms with van der Waals surface area (Å²) in [6.45, 7) is 6.38. The van der Waals surface area contributed by atoms with Crippen LogP contribution >= 0.6 is 12.2 Å². The van der Waals surface area contributed by atoms with E-state index in [1.807, 2.05) is 48.8 Å². The predicted octanol–water partition coefficient (Wildman–Crippen LogP) is 5.37. The van der Waals surface area contributed by atoms with Crippen LogP contribution in [0.25, 0.3) is 5.82 Å². The molecular formula is C26H25N5S. The van der Waals surface area contributed by atoms with E-state index in [1.54, 1.807) is 0 Å². The van der Waals surface area contributed by atoms with Gasteiger partial charge in [0, 0.05) is 29.5 Å². The van der Waals surface area contributed by atoms with Gasteiger partial charge >= 0.3 is 0 Å². The van der Waals surface area contributed by atoms with Crippen LogP contribution in [0.5, 0.6) is 0 Å². The smallest absolute Gasteiger partial charge is 0.174 e. The molecule has 1 fully saturated rings. The van der Waals surface area contributed by atoms with Gasteiger partial charge in [-0.25, -0.2) is 4.98 Å². The maximum Gasteiger partial charge on any atom is 0.174 e. The van der Waals surface area contributed by atoms with Crippen LogP contribution in [-0.4, -0.2) is 19.6 Å². The number of hydrogen-bond donors (Lipinski definition) is 1. The van der Waals surface area contributed by atoms with Crippen LogP contribution in [0.2, 0.25) is 0 Å². The number of hydrogen-bond acceptors (Lipinski definition) is 3. The average Bonchev–Trinajstić information content (AvgIpc) is 3.30. The van der Waals surface area contributed by atoms with Crippen LogP contribution in [0, 0.1) is 20.8 Å². The Kier molecular flexibility index (Phi) is 5.23. The fourth-order valence-electron chi connectivity index (χ4n) is 4.62. The van der Waals surface area contributed by atoms with Crippen molar-refractivity contribution < 1.29 is 0 Å². The zero-order valence-corrected chi connectivity index (χ0v) is 19.2. The minimum atomic E-state index is -0.0664. The van der Waals surface area contributed by atoms with Crippen molar-refractivity contribution in [2.45, 2.75) is 32.9 Å². The third-order valence-corrected chi connectivity index (χ3v) is 6.37. The van der Waals surface area contributed by atoms with Crippen LogP contribution in [-0.2, 0) is 0 Å². The van der Waals surface area contributed by atoms with E-state index >= 15 is 0 Å². The van der Waals surface area contributed by atoms with Crippen molar-refractivity contribution in [2.75, 3.05) is 4.90 Å². The highest BCUT2D eigenvalue weighted by Gasteiger charge is 2.42. The number of nitrogens with zero attached hydrogens (tertiary/aromatic N) is 4. The molecule has 1 saturated heterocycles. The monoisotopic (exact) mass is 439 g/mol. The third-order valence-electron chi connectivity index (χ3n) is 6.05. The molecule has 4 heterocycles. The molecule has 5 nitrogen and oxygen atoms in total. The van der Waals surface area contributed by atoms with Crippen molar-refractivity contribution in [1.82, 2.24) is 19.9 Å². The fourth-order valence-corrected chi connectivity index (χ4v) is 4.97. The Morgan fingerprint density at radius 3 is 2.38 bits per heavy atom. The zero-order chi connectivity index (χ0) is 22.2. The second-order valence-corrected chi connectivity index (χ2v) is 8.57. The van der Waals surface area contributed by atoms with Crippen LogP contribution in [0.3, 0.4) is 0 Å². The summed E-state index contributed by atoms with van der Waals surface area (Å²) in [7, 11) is 0. The van der Waals surface area contributed by atoms with Gasteiger partial charge in [-0.2, -0.15) is 0 Å².